The number of ketones is 2. The number of carbonyl (C=O) groups is 3. The first-order chi connectivity index (χ1) is 15.5. The molecule has 4 rings (SSSR count). The van der Waals surface area contributed by atoms with Crippen molar-refractivity contribution in [3.8, 4) is 11.5 Å². The summed E-state index contributed by atoms with van der Waals surface area (Å²) in [5.74, 6) is 0.115. The van der Waals surface area contributed by atoms with Gasteiger partial charge < -0.3 is 14.8 Å². The number of Topliss-reactive ketones (excluding diaryl/α,β-unsaturated/α-hetero) is 2. The molecule has 0 saturated carbocycles. The van der Waals surface area contributed by atoms with E-state index in [1.165, 1.54) is 7.11 Å². The van der Waals surface area contributed by atoms with Crippen molar-refractivity contribution in [2.75, 3.05) is 19.0 Å². The number of anilines is 1. The van der Waals surface area contributed by atoms with Crippen LogP contribution in [0.4, 0.5) is 5.69 Å². The standard InChI is InChI=1S/C26H23NO5/c1-3-32-20-14-10-18(11-15-20)27-23(28)16-26(17-8-12-19(31-2)13-9-17)24(29)21-6-4-5-7-22(21)25(26)30/h4-15H,3,16H2,1-2H3,(H,27,28). The second-order valence-corrected chi connectivity index (χ2v) is 7.52. The molecule has 0 spiro atoms. The zero-order valence-electron chi connectivity index (χ0n) is 17.9. The summed E-state index contributed by atoms with van der Waals surface area (Å²) < 4.78 is 10.6. The van der Waals surface area contributed by atoms with Crippen LogP contribution in [0.15, 0.2) is 72.8 Å². The summed E-state index contributed by atoms with van der Waals surface area (Å²) in [4.78, 5) is 40.1. The Balaban J connectivity index is 1.68. The Bertz CT molecular complexity index is 1130. The Labute approximate surface area is 186 Å². The molecule has 1 N–H and O–H groups in total. The predicted molar refractivity (Wildman–Crippen MR) is 121 cm³/mol. The SMILES string of the molecule is CCOc1ccc(NC(=O)CC2(c3ccc(OC)cc3)C(=O)c3ccccc3C2=O)cc1. The third-order valence-electron chi connectivity index (χ3n) is 5.65. The Morgan fingerprint density at radius 1 is 0.844 bits per heavy atom. The van der Waals surface area contributed by atoms with Crippen LogP contribution in [-0.4, -0.2) is 31.2 Å². The van der Waals surface area contributed by atoms with Gasteiger partial charge in [-0.3, -0.25) is 14.4 Å². The van der Waals surface area contributed by atoms with Crippen molar-refractivity contribution in [1.29, 1.82) is 0 Å². The molecule has 0 aliphatic heterocycles. The number of hydrogen-bond donors (Lipinski definition) is 1. The van der Waals surface area contributed by atoms with Gasteiger partial charge in [0.2, 0.25) is 5.91 Å². The third-order valence-corrected chi connectivity index (χ3v) is 5.65. The van der Waals surface area contributed by atoms with E-state index >= 15 is 0 Å². The predicted octanol–water partition coefficient (Wildman–Crippen LogP) is 4.44. The molecule has 0 atom stereocenters. The van der Waals surface area contributed by atoms with Crippen LogP contribution in [0.2, 0.25) is 0 Å². The molecule has 3 aromatic carbocycles. The number of methoxy groups -OCH3 is 1. The van der Waals surface area contributed by atoms with Gasteiger partial charge in [0.05, 0.1) is 20.1 Å². The molecule has 1 aliphatic carbocycles. The van der Waals surface area contributed by atoms with Crippen LogP contribution in [0.5, 0.6) is 11.5 Å². The van der Waals surface area contributed by atoms with E-state index in [-0.39, 0.29) is 18.0 Å². The number of rotatable bonds is 7. The normalized spacial score (nSPS) is 14.1. The van der Waals surface area contributed by atoms with Gasteiger partial charge >= 0.3 is 0 Å². The molecular weight excluding hydrogens is 406 g/mol. The molecule has 0 saturated heterocycles. The van der Waals surface area contributed by atoms with Gasteiger partial charge in [-0.1, -0.05) is 36.4 Å². The Hall–Kier alpha value is -3.93. The number of carbonyl (C=O) groups excluding carboxylic acids is 3. The van der Waals surface area contributed by atoms with E-state index in [0.29, 0.717) is 40.5 Å². The summed E-state index contributed by atoms with van der Waals surface area (Å²) >= 11 is 0. The molecule has 6 heteroatoms. The molecular formula is C26H23NO5. The van der Waals surface area contributed by atoms with E-state index in [9.17, 15) is 14.4 Å². The summed E-state index contributed by atoms with van der Waals surface area (Å²) in [7, 11) is 1.54. The van der Waals surface area contributed by atoms with Gasteiger partial charge in [0.25, 0.3) is 0 Å². The number of amides is 1. The lowest BCUT2D eigenvalue weighted by atomic mass is 9.73. The highest BCUT2D eigenvalue weighted by molar-refractivity contribution is 6.34. The fourth-order valence-electron chi connectivity index (χ4n) is 4.09. The van der Waals surface area contributed by atoms with E-state index in [1.807, 2.05) is 6.92 Å². The van der Waals surface area contributed by atoms with Crippen LogP contribution >= 0.6 is 0 Å². The largest absolute Gasteiger partial charge is 0.497 e. The minimum absolute atomic E-state index is 0.307. The number of hydrogen-bond acceptors (Lipinski definition) is 5. The fraction of sp³-hybridized carbons (Fsp3) is 0.192. The molecule has 162 valence electrons. The lowest BCUT2D eigenvalue weighted by Crippen LogP contribution is -2.41. The topological polar surface area (TPSA) is 81.7 Å². The highest BCUT2D eigenvalue weighted by Gasteiger charge is 2.55. The van der Waals surface area contributed by atoms with Gasteiger partial charge in [-0.05, 0) is 48.9 Å². The van der Waals surface area contributed by atoms with Crippen LogP contribution in [0.25, 0.3) is 0 Å². The Morgan fingerprint density at radius 2 is 1.41 bits per heavy atom. The van der Waals surface area contributed by atoms with Gasteiger partial charge in [-0.2, -0.15) is 0 Å². The Kier molecular flexibility index (Phi) is 5.77. The first-order valence-corrected chi connectivity index (χ1v) is 10.4. The molecule has 32 heavy (non-hydrogen) atoms. The monoisotopic (exact) mass is 429 g/mol. The maximum atomic E-state index is 13.5. The minimum atomic E-state index is -1.62. The highest BCUT2D eigenvalue weighted by atomic mass is 16.5. The molecule has 3 aromatic rings. The molecule has 0 unspecified atom stereocenters. The zero-order valence-corrected chi connectivity index (χ0v) is 17.9. The molecule has 1 amide bonds. The van der Waals surface area contributed by atoms with E-state index in [0.717, 1.165) is 0 Å². The summed E-state index contributed by atoms with van der Waals surface area (Å²) in [6, 6.07) is 20.3. The van der Waals surface area contributed by atoms with E-state index in [1.54, 1.807) is 72.8 Å². The van der Waals surface area contributed by atoms with E-state index in [4.69, 9.17) is 9.47 Å². The number of nitrogens with one attached hydrogen (secondary N) is 1. The first-order valence-electron chi connectivity index (χ1n) is 10.4. The van der Waals surface area contributed by atoms with Gasteiger partial charge in [0, 0.05) is 16.8 Å². The average Bonchev–Trinajstić information content (AvgIpc) is 3.03. The van der Waals surface area contributed by atoms with Crippen LogP contribution in [0, 0.1) is 0 Å². The number of fused-ring (bicyclic) bond motifs is 1. The van der Waals surface area contributed by atoms with Crippen molar-refractivity contribution in [3.05, 3.63) is 89.5 Å². The van der Waals surface area contributed by atoms with E-state index in [2.05, 4.69) is 5.32 Å². The van der Waals surface area contributed by atoms with Crippen molar-refractivity contribution in [3.63, 3.8) is 0 Å². The lowest BCUT2D eigenvalue weighted by Gasteiger charge is -2.26. The van der Waals surface area contributed by atoms with Crippen molar-refractivity contribution in [2.24, 2.45) is 0 Å². The average molecular weight is 429 g/mol. The van der Waals surface area contributed by atoms with Crippen LogP contribution in [0.3, 0.4) is 0 Å². The van der Waals surface area contributed by atoms with Crippen LogP contribution in [-0.2, 0) is 10.2 Å². The minimum Gasteiger partial charge on any atom is -0.497 e. The maximum Gasteiger partial charge on any atom is 0.226 e. The number of ether oxygens (including phenoxy) is 2. The molecule has 0 bridgehead atoms. The quantitative estimate of drug-likeness (QED) is 0.562. The molecule has 6 nitrogen and oxygen atoms in total. The lowest BCUT2D eigenvalue weighted by molar-refractivity contribution is -0.116. The molecule has 1 aliphatic rings. The first kappa shape index (κ1) is 21.3. The highest BCUT2D eigenvalue weighted by Crippen LogP contribution is 2.43. The van der Waals surface area contributed by atoms with Crippen LogP contribution in [0.1, 0.15) is 39.6 Å². The van der Waals surface area contributed by atoms with Gasteiger partial charge in [-0.15, -0.1) is 0 Å². The third kappa shape index (κ3) is 3.64. The smallest absolute Gasteiger partial charge is 0.226 e. The van der Waals surface area contributed by atoms with Crippen molar-refractivity contribution in [1.82, 2.24) is 0 Å². The van der Waals surface area contributed by atoms with Gasteiger partial charge in [0.15, 0.2) is 11.6 Å². The molecule has 0 aromatic heterocycles. The second-order valence-electron chi connectivity index (χ2n) is 7.52. The summed E-state index contributed by atoms with van der Waals surface area (Å²) in [5.41, 5.74) is 0.0696. The van der Waals surface area contributed by atoms with Crippen LogP contribution < -0.4 is 14.8 Å². The van der Waals surface area contributed by atoms with Gasteiger partial charge in [-0.25, -0.2) is 0 Å². The van der Waals surface area contributed by atoms with Gasteiger partial charge in [0.1, 0.15) is 16.9 Å². The van der Waals surface area contributed by atoms with Crippen molar-refractivity contribution >= 4 is 23.2 Å². The molecule has 0 radical (unpaired) electrons. The molecule has 0 heterocycles. The van der Waals surface area contributed by atoms with Crippen molar-refractivity contribution in [2.45, 2.75) is 18.8 Å². The number of benzene rings is 3. The fourth-order valence-corrected chi connectivity index (χ4v) is 4.09. The Morgan fingerprint density at radius 3 is 1.94 bits per heavy atom. The van der Waals surface area contributed by atoms with E-state index < -0.39 is 11.3 Å². The summed E-state index contributed by atoms with van der Waals surface area (Å²) in [6.45, 7) is 2.43. The second kappa shape index (κ2) is 8.67. The van der Waals surface area contributed by atoms with Crippen molar-refractivity contribution < 1.29 is 23.9 Å². The zero-order chi connectivity index (χ0) is 22.7. The summed E-state index contributed by atoms with van der Waals surface area (Å²) in [6.07, 6.45) is -0.307. The maximum absolute atomic E-state index is 13.5. The molecule has 0 fully saturated rings. The summed E-state index contributed by atoms with van der Waals surface area (Å²) in [5, 5.41) is 2.80.